The lowest BCUT2D eigenvalue weighted by molar-refractivity contribution is -0.118. The summed E-state index contributed by atoms with van der Waals surface area (Å²) < 4.78 is 1.40. The van der Waals surface area contributed by atoms with Gasteiger partial charge in [0.1, 0.15) is 6.54 Å². The zero-order chi connectivity index (χ0) is 15.5. The second-order valence-electron chi connectivity index (χ2n) is 5.99. The van der Waals surface area contributed by atoms with Gasteiger partial charge >= 0.3 is 6.03 Å². The molecular formula is C14H22N6O2. The third kappa shape index (κ3) is 3.38. The fourth-order valence-corrected chi connectivity index (χ4v) is 3.43. The Kier molecular flexibility index (Phi) is 4.28. The molecule has 4 N–H and O–H groups in total. The number of carbonyl (C=O) groups excluding carboxylic acids is 2. The van der Waals surface area contributed by atoms with Crippen LogP contribution in [-0.4, -0.2) is 51.8 Å². The number of piperidine rings is 1. The minimum Gasteiger partial charge on any atom is -0.368 e. The number of hydrogen-bond acceptors (Lipinski definition) is 4. The highest BCUT2D eigenvalue weighted by molar-refractivity contribution is 5.89. The van der Waals surface area contributed by atoms with Crippen molar-refractivity contribution in [2.45, 2.75) is 44.3 Å². The van der Waals surface area contributed by atoms with E-state index in [-0.39, 0.29) is 18.6 Å². The lowest BCUT2D eigenvalue weighted by atomic mass is 9.99. The first-order valence-electron chi connectivity index (χ1n) is 7.74. The summed E-state index contributed by atoms with van der Waals surface area (Å²) in [5, 5.41) is 9.78. The molecule has 2 atom stereocenters. The number of nitrogens with two attached hydrogens (primary N) is 1. The van der Waals surface area contributed by atoms with E-state index >= 15 is 0 Å². The van der Waals surface area contributed by atoms with E-state index in [1.807, 2.05) is 0 Å². The molecular weight excluding hydrogens is 284 g/mol. The number of anilines is 1. The van der Waals surface area contributed by atoms with Gasteiger partial charge in [0.05, 0.1) is 11.9 Å². The molecule has 3 rings (SSSR count). The van der Waals surface area contributed by atoms with Gasteiger partial charge in [-0.15, -0.1) is 0 Å². The Morgan fingerprint density at radius 2 is 2.18 bits per heavy atom. The van der Waals surface area contributed by atoms with Crippen LogP contribution in [0.5, 0.6) is 0 Å². The van der Waals surface area contributed by atoms with Gasteiger partial charge in [-0.05, 0) is 25.8 Å². The molecule has 0 bridgehead atoms. The molecule has 3 amide bonds. The Hall–Kier alpha value is -2.09. The fourth-order valence-electron chi connectivity index (χ4n) is 3.43. The first-order chi connectivity index (χ1) is 10.6. The van der Waals surface area contributed by atoms with Crippen LogP contribution >= 0.6 is 0 Å². The summed E-state index contributed by atoms with van der Waals surface area (Å²) in [5.41, 5.74) is 5.66. The van der Waals surface area contributed by atoms with Crippen LogP contribution < -0.4 is 16.4 Å². The van der Waals surface area contributed by atoms with Crippen LogP contribution in [0.1, 0.15) is 25.7 Å². The third-order valence-electron chi connectivity index (χ3n) is 4.38. The van der Waals surface area contributed by atoms with E-state index < -0.39 is 5.91 Å². The highest BCUT2D eigenvalue weighted by Gasteiger charge is 2.36. The van der Waals surface area contributed by atoms with Crippen molar-refractivity contribution in [2.75, 3.05) is 18.4 Å². The second kappa shape index (κ2) is 6.35. The molecule has 3 heterocycles. The molecule has 0 aliphatic carbocycles. The van der Waals surface area contributed by atoms with Gasteiger partial charge < -0.3 is 16.4 Å². The molecule has 0 spiro atoms. The molecule has 120 valence electrons. The number of amides is 3. The SMILES string of the molecule is NC(=O)Cn1cc(NC(=O)N[C@H]2CCN3CCCC[C@@H]23)cn1. The van der Waals surface area contributed by atoms with Crippen LogP contribution in [0.2, 0.25) is 0 Å². The van der Waals surface area contributed by atoms with E-state index in [2.05, 4.69) is 20.6 Å². The van der Waals surface area contributed by atoms with Crippen LogP contribution in [0.4, 0.5) is 10.5 Å². The normalized spacial score (nSPS) is 24.7. The average Bonchev–Trinajstić information content (AvgIpc) is 3.06. The molecule has 2 fully saturated rings. The van der Waals surface area contributed by atoms with Gasteiger partial charge in [-0.25, -0.2) is 4.79 Å². The Morgan fingerprint density at radius 3 is 3.00 bits per heavy atom. The van der Waals surface area contributed by atoms with Crippen molar-refractivity contribution >= 4 is 17.6 Å². The molecule has 8 heteroatoms. The van der Waals surface area contributed by atoms with Gasteiger partial charge in [-0.3, -0.25) is 14.4 Å². The maximum atomic E-state index is 12.1. The highest BCUT2D eigenvalue weighted by atomic mass is 16.2. The van der Waals surface area contributed by atoms with Crippen molar-refractivity contribution in [3.05, 3.63) is 12.4 Å². The Balaban J connectivity index is 1.52. The lowest BCUT2D eigenvalue weighted by Crippen LogP contribution is -2.47. The largest absolute Gasteiger partial charge is 0.368 e. The van der Waals surface area contributed by atoms with Crippen molar-refractivity contribution in [2.24, 2.45) is 5.73 Å². The first kappa shape index (κ1) is 14.8. The van der Waals surface area contributed by atoms with E-state index in [1.54, 1.807) is 6.20 Å². The van der Waals surface area contributed by atoms with Gasteiger partial charge in [0, 0.05) is 24.8 Å². The predicted molar refractivity (Wildman–Crippen MR) is 81.2 cm³/mol. The molecule has 2 aliphatic rings. The Morgan fingerprint density at radius 1 is 1.32 bits per heavy atom. The number of nitrogens with one attached hydrogen (secondary N) is 2. The predicted octanol–water partition coefficient (Wildman–Crippen LogP) is 0.117. The first-order valence-corrected chi connectivity index (χ1v) is 7.74. The lowest BCUT2D eigenvalue weighted by Gasteiger charge is -2.32. The van der Waals surface area contributed by atoms with Crippen LogP contribution in [0.3, 0.4) is 0 Å². The van der Waals surface area contributed by atoms with E-state index in [0.717, 1.165) is 25.9 Å². The zero-order valence-corrected chi connectivity index (χ0v) is 12.5. The van der Waals surface area contributed by atoms with Gasteiger partial charge in [0.2, 0.25) is 5.91 Å². The van der Waals surface area contributed by atoms with Crippen molar-refractivity contribution in [1.82, 2.24) is 20.0 Å². The molecule has 8 nitrogen and oxygen atoms in total. The standard InChI is InChI=1S/C14H22N6O2/c15-13(21)9-20-8-10(7-16-20)17-14(22)18-11-4-6-19-5-2-1-3-12(11)19/h7-8,11-12H,1-6,9H2,(H2,15,21)(H2,17,18,22)/t11-,12-/m0/s1. The summed E-state index contributed by atoms with van der Waals surface area (Å²) >= 11 is 0. The number of aromatic nitrogens is 2. The third-order valence-corrected chi connectivity index (χ3v) is 4.38. The van der Waals surface area contributed by atoms with Crippen LogP contribution in [-0.2, 0) is 11.3 Å². The smallest absolute Gasteiger partial charge is 0.319 e. The zero-order valence-electron chi connectivity index (χ0n) is 12.5. The van der Waals surface area contributed by atoms with Gasteiger partial charge in [-0.2, -0.15) is 5.10 Å². The molecule has 0 radical (unpaired) electrons. The van der Waals surface area contributed by atoms with E-state index in [0.29, 0.717) is 11.7 Å². The van der Waals surface area contributed by atoms with Crippen molar-refractivity contribution < 1.29 is 9.59 Å². The van der Waals surface area contributed by atoms with Gasteiger partial charge in [-0.1, -0.05) is 6.42 Å². The number of fused-ring (bicyclic) bond motifs is 1. The van der Waals surface area contributed by atoms with Gasteiger partial charge in [0.15, 0.2) is 0 Å². The number of hydrogen-bond donors (Lipinski definition) is 3. The Labute approximate surface area is 129 Å². The molecule has 22 heavy (non-hydrogen) atoms. The molecule has 0 aromatic carbocycles. The molecule has 0 unspecified atom stereocenters. The summed E-state index contributed by atoms with van der Waals surface area (Å²) in [5.74, 6) is -0.470. The molecule has 2 aliphatic heterocycles. The van der Waals surface area contributed by atoms with Crippen LogP contribution in [0.25, 0.3) is 0 Å². The Bertz CT molecular complexity index is 557. The number of urea groups is 1. The maximum Gasteiger partial charge on any atom is 0.319 e. The maximum absolute atomic E-state index is 12.1. The number of rotatable bonds is 4. The summed E-state index contributed by atoms with van der Waals surface area (Å²) in [7, 11) is 0. The number of carbonyl (C=O) groups is 2. The van der Waals surface area contributed by atoms with E-state index in [4.69, 9.17) is 5.73 Å². The minimum atomic E-state index is -0.470. The van der Waals surface area contributed by atoms with E-state index in [1.165, 1.54) is 23.7 Å². The minimum absolute atomic E-state index is 0.00293. The second-order valence-corrected chi connectivity index (χ2v) is 5.99. The number of primary amides is 1. The molecule has 2 saturated heterocycles. The molecule has 1 aromatic rings. The monoisotopic (exact) mass is 306 g/mol. The number of nitrogens with zero attached hydrogens (tertiary/aromatic N) is 3. The average molecular weight is 306 g/mol. The summed E-state index contributed by atoms with van der Waals surface area (Å²) in [4.78, 5) is 25.4. The summed E-state index contributed by atoms with van der Waals surface area (Å²) in [6.07, 6.45) is 7.74. The summed E-state index contributed by atoms with van der Waals surface area (Å²) in [6.45, 7) is 2.21. The van der Waals surface area contributed by atoms with E-state index in [9.17, 15) is 9.59 Å². The fraction of sp³-hybridized carbons (Fsp3) is 0.643. The highest BCUT2D eigenvalue weighted by Crippen LogP contribution is 2.27. The van der Waals surface area contributed by atoms with Crippen LogP contribution in [0, 0.1) is 0 Å². The van der Waals surface area contributed by atoms with Crippen molar-refractivity contribution in [3.63, 3.8) is 0 Å². The topological polar surface area (TPSA) is 105 Å². The quantitative estimate of drug-likeness (QED) is 0.734. The van der Waals surface area contributed by atoms with Crippen LogP contribution in [0.15, 0.2) is 12.4 Å². The van der Waals surface area contributed by atoms with Gasteiger partial charge in [0.25, 0.3) is 0 Å². The van der Waals surface area contributed by atoms with Crippen molar-refractivity contribution in [1.29, 1.82) is 0 Å². The summed E-state index contributed by atoms with van der Waals surface area (Å²) in [6, 6.07) is 0.453. The van der Waals surface area contributed by atoms with Crippen molar-refractivity contribution in [3.8, 4) is 0 Å². The molecule has 1 aromatic heterocycles. The molecule has 0 saturated carbocycles.